The summed E-state index contributed by atoms with van der Waals surface area (Å²) in [6.07, 6.45) is 6.89. The van der Waals surface area contributed by atoms with Crippen molar-refractivity contribution in [1.82, 2.24) is 10.3 Å². The number of nitrogens with zero attached hydrogens (tertiary/aromatic N) is 1. The molecule has 1 heterocycles. The summed E-state index contributed by atoms with van der Waals surface area (Å²) in [6.45, 7) is 2.09. The molecule has 4 heteroatoms. The zero-order valence-electron chi connectivity index (χ0n) is 14.7. The van der Waals surface area contributed by atoms with E-state index in [1.807, 2.05) is 18.2 Å². The third kappa shape index (κ3) is 4.81. The van der Waals surface area contributed by atoms with Crippen LogP contribution >= 0.6 is 0 Å². The number of nitrogens with one attached hydrogen (secondary N) is 1. The fourth-order valence-corrected chi connectivity index (χ4v) is 3.61. The summed E-state index contributed by atoms with van der Waals surface area (Å²) in [6, 6.07) is 12.1. The molecule has 2 N–H and O–H groups in total. The molecule has 0 spiro atoms. The van der Waals surface area contributed by atoms with E-state index >= 15 is 0 Å². The van der Waals surface area contributed by atoms with Crippen LogP contribution in [0.3, 0.4) is 0 Å². The van der Waals surface area contributed by atoms with Crippen LogP contribution in [0.1, 0.15) is 54.8 Å². The van der Waals surface area contributed by atoms with E-state index < -0.39 is 0 Å². The van der Waals surface area contributed by atoms with Gasteiger partial charge in [-0.05, 0) is 62.3 Å². The van der Waals surface area contributed by atoms with Gasteiger partial charge in [0, 0.05) is 24.1 Å². The van der Waals surface area contributed by atoms with Crippen LogP contribution in [0.5, 0.6) is 5.75 Å². The highest BCUT2D eigenvalue weighted by atomic mass is 16.3. The van der Waals surface area contributed by atoms with Crippen molar-refractivity contribution in [2.24, 2.45) is 0 Å². The van der Waals surface area contributed by atoms with Crippen molar-refractivity contribution in [1.29, 1.82) is 0 Å². The van der Waals surface area contributed by atoms with Gasteiger partial charge in [-0.2, -0.15) is 0 Å². The maximum Gasteiger partial charge on any atom is 0.220 e. The van der Waals surface area contributed by atoms with Crippen LogP contribution in [0.25, 0.3) is 0 Å². The lowest BCUT2D eigenvalue weighted by atomic mass is 9.84. The van der Waals surface area contributed by atoms with Gasteiger partial charge >= 0.3 is 0 Å². The fourth-order valence-electron chi connectivity index (χ4n) is 3.61. The lowest BCUT2D eigenvalue weighted by Gasteiger charge is -2.28. The standard InChI is InChI=1S/C21H26N2O2/c1-15-4-2-3-5-16(15)8-13-21(25)23-18-9-6-17(7-10-18)20-12-11-19(24)14-22-20/h2-5,11-12,14,17-18,24H,6-10,13H2,1H3,(H,23,25)/t17-,18-. The van der Waals surface area contributed by atoms with Gasteiger partial charge in [-0.15, -0.1) is 0 Å². The summed E-state index contributed by atoms with van der Waals surface area (Å²) < 4.78 is 0. The van der Waals surface area contributed by atoms with E-state index in [2.05, 4.69) is 29.4 Å². The average Bonchev–Trinajstić information content (AvgIpc) is 2.62. The molecule has 25 heavy (non-hydrogen) atoms. The molecule has 0 bridgehead atoms. The molecule has 0 saturated heterocycles. The molecule has 0 radical (unpaired) electrons. The molecule has 4 nitrogen and oxygen atoms in total. The second kappa shape index (κ2) is 8.15. The number of rotatable bonds is 5. The van der Waals surface area contributed by atoms with Crippen LogP contribution in [0.2, 0.25) is 0 Å². The van der Waals surface area contributed by atoms with E-state index in [4.69, 9.17) is 0 Å². The predicted molar refractivity (Wildman–Crippen MR) is 98.5 cm³/mol. The van der Waals surface area contributed by atoms with Crippen LogP contribution in [-0.4, -0.2) is 22.0 Å². The van der Waals surface area contributed by atoms with Gasteiger partial charge in [0.2, 0.25) is 5.91 Å². The summed E-state index contributed by atoms with van der Waals surface area (Å²) in [4.78, 5) is 16.6. The molecule has 1 fully saturated rings. The minimum Gasteiger partial charge on any atom is -0.506 e. The SMILES string of the molecule is Cc1ccccc1CCC(=O)N[C@H]1CC[C@H](c2ccc(O)cn2)CC1. The first-order valence-electron chi connectivity index (χ1n) is 9.10. The maximum absolute atomic E-state index is 12.2. The van der Waals surface area contributed by atoms with Gasteiger partial charge in [-0.25, -0.2) is 0 Å². The molecule has 1 aliphatic carbocycles. The second-order valence-corrected chi connectivity index (χ2v) is 6.98. The van der Waals surface area contributed by atoms with Gasteiger partial charge in [0.25, 0.3) is 0 Å². The van der Waals surface area contributed by atoms with Gasteiger partial charge in [-0.3, -0.25) is 9.78 Å². The Kier molecular flexibility index (Phi) is 5.69. The Bertz CT molecular complexity index is 704. The summed E-state index contributed by atoms with van der Waals surface area (Å²) in [5.41, 5.74) is 3.54. The molecule has 132 valence electrons. The number of hydrogen-bond donors (Lipinski definition) is 2. The summed E-state index contributed by atoms with van der Waals surface area (Å²) in [5, 5.41) is 12.5. The molecule has 0 aliphatic heterocycles. The molecular weight excluding hydrogens is 312 g/mol. The molecule has 1 amide bonds. The largest absolute Gasteiger partial charge is 0.506 e. The van der Waals surface area contributed by atoms with Crippen molar-refractivity contribution in [2.45, 2.75) is 57.4 Å². The topological polar surface area (TPSA) is 62.2 Å². The Labute approximate surface area is 149 Å². The summed E-state index contributed by atoms with van der Waals surface area (Å²) in [7, 11) is 0. The number of aromatic hydroxyl groups is 1. The van der Waals surface area contributed by atoms with Gasteiger partial charge < -0.3 is 10.4 Å². The zero-order chi connectivity index (χ0) is 17.6. The van der Waals surface area contributed by atoms with E-state index in [9.17, 15) is 9.90 Å². The van der Waals surface area contributed by atoms with E-state index in [0.29, 0.717) is 12.3 Å². The number of hydrogen-bond acceptors (Lipinski definition) is 3. The van der Waals surface area contributed by atoms with E-state index in [1.54, 1.807) is 6.07 Å². The highest BCUT2D eigenvalue weighted by molar-refractivity contribution is 5.76. The normalized spacial score (nSPS) is 20.2. The number of amides is 1. The number of aryl methyl sites for hydroxylation is 2. The Balaban J connectivity index is 1.43. The lowest BCUT2D eigenvalue weighted by molar-refractivity contribution is -0.122. The number of benzene rings is 1. The highest BCUT2D eigenvalue weighted by Crippen LogP contribution is 2.32. The number of aromatic nitrogens is 1. The molecular formula is C21H26N2O2. The third-order valence-electron chi connectivity index (χ3n) is 5.16. The summed E-state index contributed by atoms with van der Waals surface area (Å²) >= 11 is 0. The van der Waals surface area contributed by atoms with Crippen LogP contribution in [0.4, 0.5) is 0 Å². The molecule has 2 aromatic rings. The molecule has 1 aliphatic rings. The molecule has 0 atom stereocenters. The fraction of sp³-hybridized carbons (Fsp3) is 0.429. The minimum absolute atomic E-state index is 0.148. The summed E-state index contributed by atoms with van der Waals surface area (Å²) in [5.74, 6) is 0.786. The molecule has 1 aromatic carbocycles. The zero-order valence-corrected chi connectivity index (χ0v) is 14.7. The Morgan fingerprint density at radius 2 is 1.92 bits per heavy atom. The Hall–Kier alpha value is -2.36. The predicted octanol–water partition coefficient (Wildman–Crippen LogP) is 3.87. The van der Waals surface area contributed by atoms with Crippen LogP contribution in [0, 0.1) is 6.92 Å². The number of pyridine rings is 1. The lowest BCUT2D eigenvalue weighted by Crippen LogP contribution is -2.37. The average molecular weight is 338 g/mol. The first-order valence-corrected chi connectivity index (χ1v) is 9.10. The van der Waals surface area contributed by atoms with Crippen LogP contribution in [0.15, 0.2) is 42.6 Å². The Morgan fingerprint density at radius 3 is 2.60 bits per heavy atom. The third-order valence-corrected chi connectivity index (χ3v) is 5.16. The molecule has 0 unspecified atom stereocenters. The van der Waals surface area contributed by atoms with E-state index in [-0.39, 0.29) is 17.7 Å². The first kappa shape index (κ1) is 17.5. The second-order valence-electron chi connectivity index (χ2n) is 6.98. The van der Waals surface area contributed by atoms with E-state index in [1.165, 1.54) is 17.3 Å². The van der Waals surface area contributed by atoms with Gasteiger partial charge in [0.1, 0.15) is 5.75 Å². The van der Waals surface area contributed by atoms with Gasteiger partial charge in [0.15, 0.2) is 0 Å². The van der Waals surface area contributed by atoms with Crippen molar-refractivity contribution < 1.29 is 9.90 Å². The van der Waals surface area contributed by atoms with Crippen molar-refractivity contribution in [3.63, 3.8) is 0 Å². The van der Waals surface area contributed by atoms with Crippen LogP contribution in [-0.2, 0) is 11.2 Å². The minimum atomic E-state index is 0.148. The number of carbonyl (C=O) groups is 1. The maximum atomic E-state index is 12.2. The van der Waals surface area contributed by atoms with Gasteiger partial charge in [-0.1, -0.05) is 24.3 Å². The first-order chi connectivity index (χ1) is 12.1. The quantitative estimate of drug-likeness (QED) is 0.870. The van der Waals surface area contributed by atoms with Crippen molar-refractivity contribution in [3.05, 3.63) is 59.4 Å². The smallest absolute Gasteiger partial charge is 0.220 e. The van der Waals surface area contributed by atoms with Crippen LogP contribution < -0.4 is 5.32 Å². The monoisotopic (exact) mass is 338 g/mol. The van der Waals surface area contributed by atoms with Crippen molar-refractivity contribution >= 4 is 5.91 Å². The Morgan fingerprint density at radius 1 is 1.16 bits per heavy atom. The molecule has 3 rings (SSSR count). The molecule has 1 aromatic heterocycles. The van der Waals surface area contributed by atoms with E-state index in [0.717, 1.165) is 37.8 Å². The van der Waals surface area contributed by atoms with Crippen molar-refractivity contribution in [3.8, 4) is 5.75 Å². The molecule has 1 saturated carbocycles. The number of carbonyl (C=O) groups excluding carboxylic acids is 1. The van der Waals surface area contributed by atoms with Gasteiger partial charge in [0.05, 0.1) is 6.20 Å². The van der Waals surface area contributed by atoms with Crippen molar-refractivity contribution in [2.75, 3.05) is 0 Å². The highest BCUT2D eigenvalue weighted by Gasteiger charge is 2.24.